The highest BCUT2D eigenvalue weighted by Crippen LogP contribution is 2.20. The molecule has 0 fully saturated rings. The fourth-order valence-corrected chi connectivity index (χ4v) is 2.47. The van der Waals surface area contributed by atoms with Gasteiger partial charge in [-0.25, -0.2) is 0 Å². The van der Waals surface area contributed by atoms with E-state index in [1.165, 1.54) is 0 Å². The van der Waals surface area contributed by atoms with Gasteiger partial charge in [0.2, 0.25) is 5.95 Å². The molecule has 2 unspecified atom stereocenters. The van der Waals surface area contributed by atoms with Gasteiger partial charge in [-0.3, -0.25) is 9.31 Å². The van der Waals surface area contributed by atoms with Crippen LogP contribution in [-0.4, -0.2) is 49.5 Å². The monoisotopic (exact) mass is 268 g/mol. The molecule has 0 saturated carbocycles. The third-order valence-corrected chi connectivity index (χ3v) is 3.37. The van der Waals surface area contributed by atoms with E-state index in [4.69, 9.17) is 0 Å². The first kappa shape index (κ1) is 12.7. The Hall–Kier alpha value is -1.70. The minimum absolute atomic E-state index is 0.0635. The first-order chi connectivity index (χ1) is 8.60. The summed E-state index contributed by atoms with van der Waals surface area (Å²) in [5.74, 6) is 1.77. The number of nitrogens with zero attached hydrogens (tertiary/aromatic N) is 3. The van der Waals surface area contributed by atoms with Gasteiger partial charge in [0, 0.05) is 35.9 Å². The summed E-state index contributed by atoms with van der Waals surface area (Å²) in [7, 11) is 0.910. The zero-order chi connectivity index (χ0) is 13.1. The van der Waals surface area contributed by atoms with Crippen molar-refractivity contribution in [2.75, 3.05) is 29.7 Å². The predicted molar refractivity (Wildman–Crippen MR) is 73.2 cm³/mol. The second kappa shape index (κ2) is 5.30. The molecular weight excluding hydrogens is 252 g/mol. The zero-order valence-corrected chi connectivity index (χ0v) is 11.3. The van der Waals surface area contributed by atoms with Crippen LogP contribution >= 0.6 is 0 Å². The molecule has 0 saturated heterocycles. The van der Waals surface area contributed by atoms with Crippen LogP contribution in [0.3, 0.4) is 0 Å². The average Bonchev–Trinajstić information content (AvgIpc) is 2.75. The molecule has 0 spiro atoms. The Morgan fingerprint density at radius 3 is 2.94 bits per heavy atom. The van der Waals surface area contributed by atoms with Crippen molar-refractivity contribution in [2.24, 2.45) is 0 Å². The van der Waals surface area contributed by atoms with Gasteiger partial charge in [0.1, 0.15) is 5.82 Å². The number of fused-ring (bicyclic) bond motifs is 1. The summed E-state index contributed by atoms with van der Waals surface area (Å²) in [5, 5.41) is 13.7. The van der Waals surface area contributed by atoms with E-state index in [2.05, 4.69) is 30.8 Å². The minimum Gasteiger partial charge on any atom is -0.366 e. The number of H-pyrrole nitrogens is 1. The summed E-state index contributed by atoms with van der Waals surface area (Å²) < 4.78 is 11.2. The molecule has 2 rings (SSSR count). The molecule has 3 N–H and O–H groups in total. The number of aromatic nitrogens is 4. The van der Waals surface area contributed by atoms with Crippen LogP contribution in [0.5, 0.6) is 0 Å². The van der Waals surface area contributed by atoms with Crippen LogP contribution < -0.4 is 10.6 Å². The number of anilines is 2. The molecule has 2 heterocycles. The normalized spacial score (nSPS) is 14.4. The smallest absolute Gasteiger partial charge is 0.226 e. The molecule has 0 amide bonds. The number of aromatic amines is 1. The Morgan fingerprint density at radius 1 is 1.50 bits per heavy atom. The molecule has 0 aromatic carbocycles. The van der Waals surface area contributed by atoms with Crippen molar-refractivity contribution in [1.29, 1.82) is 0 Å². The van der Waals surface area contributed by atoms with Crippen molar-refractivity contribution >= 4 is 33.6 Å². The van der Waals surface area contributed by atoms with E-state index in [-0.39, 0.29) is 6.04 Å². The Balaban J connectivity index is 2.30. The second-order valence-corrected chi connectivity index (χ2v) is 5.54. The third-order valence-electron chi connectivity index (χ3n) is 2.40. The average molecular weight is 268 g/mol. The maximum atomic E-state index is 11.2. The maximum Gasteiger partial charge on any atom is 0.226 e. The number of hydrogen-bond acceptors (Lipinski definition) is 6. The molecule has 0 aliphatic heterocycles. The van der Waals surface area contributed by atoms with Crippen molar-refractivity contribution in [3.8, 4) is 0 Å². The fraction of sp³-hybridized carbons (Fsp3) is 0.500. The van der Waals surface area contributed by atoms with Crippen molar-refractivity contribution < 1.29 is 4.21 Å². The summed E-state index contributed by atoms with van der Waals surface area (Å²) >= 11 is 0. The van der Waals surface area contributed by atoms with E-state index >= 15 is 0 Å². The lowest BCUT2D eigenvalue weighted by atomic mass is 10.3. The first-order valence-corrected chi connectivity index (χ1v) is 7.28. The van der Waals surface area contributed by atoms with Gasteiger partial charge in [0.05, 0.1) is 11.6 Å². The Morgan fingerprint density at radius 2 is 2.28 bits per heavy atom. The topological polar surface area (TPSA) is 95.6 Å². The standard InChI is InChI=1S/C10H16N6OS/c1-6(5-18(3)17)13-8-7-4-12-16-9(7)15-10(11-2)14-8/h4,6H,5H2,1-3H3,(H3,11,12,13,14,15,16). The molecule has 18 heavy (non-hydrogen) atoms. The fourth-order valence-electron chi connectivity index (χ4n) is 1.68. The molecule has 0 bridgehead atoms. The lowest BCUT2D eigenvalue weighted by Gasteiger charge is -2.14. The van der Waals surface area contributed by atoms with Gasteiger partial charge in [-0.1, -0.05) is 0 Å². The van der Waals surface area contributed by atoms with Gasteiger partial charge in [-0.05, 0) is 6.92 Å². The van der Waals surface area contributed by atoms with Crippen LogP contribution in [-0.2, 0) is 10.8 Å². The molecule has 98 valence electrons. The quantitative estimate of drug-likeness (QED) is 0.734. The van der Waals surface area contributed by atoms with Crippen LogP contribution in [0.4, 0.5) is 11.8 Å². The van der Waals surface area contributed by atoms with E-state index in [0.29, 0.717) is 23.2 Å². The summed E-state index contributed by atoms with van der Waals surface area (Å²) in [6.45, 7) is 1.97. The van der Waals surface area contributed by atoms with Gasteiger partial charge >= 0.3 is 0 Å². The van der Waals surface area contributed by atoms with Crippen molar-refractivity contribution in [3.05, 3.63) is 6.20 Å². The SMILES string of the molecule is CNc1nc(NC(C)CS(C)=O)c2cn[nH]c2n1. The highest BCUT2D eigenvalue weighted by molar-refractivity contribution is 7.84. The van der Waals surface area contributed by atoms with E-state index in [9.17, 15) is 4.21 Å². The van der Waals surface area contributed by atoms with Gasteiger partial charge in [0.15, 0.2) is 5.65 Å². The minimum atomic E-state index is -0.846. The Labute approximate surface area is 107 Å². The molecule has 0 aliphatic rings. The molecule has 2 aromatic rings. The van der Waals surface area contributed by atoms with Crippen molar-refractivity contribution in [3.63, 3.8) is 0 Å². The molecule has 8 heteroatoms. The largest absolute Gasteiger partial charge is 0.366 e. The molecular formula is C10H16N6OS. The van der Waals surface area contributed by atoms with Crippen molar-refractivity contribution in [1.82, 2.24) is 20.2 Å². The van der Waals surface area contributed by atoms with Gasteiger partial charge in [0.25, 0.3) is 0 Å². The maximum absolute atomic E-state index is 11.2. The lowest BCUT2D eigenvalue weighted by molar-refractivity contribution is 0.683. The highest BCUT2D eigenvalue weighted by Gasteiger charge is 2.12. The van der Waals surface area contributed by atoms with Gasteiger partial charge in [-0.2, -0.15) is 15.1 Å². The van der Waals surface area contributed by atoms with Crippen molar-refractivity contribution in [2.45, 2.75) is 13.0 Å². The lowest BCUT2D eigenvalue weighted by Crippen LogP contribution is -2.23. The van der Waals surface area contributed by atoms with E-state index < -0.39 is 10.8 Å². The Kier molecular flexibility index (Phi) is 3.75. The summed E-state index contributed by atoms with van der Waals surface area (Å²) in [6, 6.07) is 0.0635. The van der Waals surface area contributed by atoms with Crippen LogP contribution in [0.25, 0.3) is 11.0 Å². The summed E-state index contributed by atoms with van der Waals surface area (Å²) in [6.07, 6.45) is 3.36. The van der Waals surface area contributed by atoms with E-state index in [1.807, 2.05) is 6.92 Å². The number of rotatable bonds is 5. The highest BCUT2D eigenvalue weighted by atomic mass is 32.2. The molecule has 2 aromatic heterocycles. The predicted octanol–water partition coefficient (Wildman–Crippen LogP) is 0.573. The zero-order valence-electron chi connectivity index (χ0n) is 10.5. The molecule has 0 aliphatic carbocycles. The number of nitrogens with one attached hydrogen (secondary N) is 3. The summed E-state index contributed by atoms with van der Waals surface area (Å²) in [4.78, 5) is 8.59. The molecule has 0 radical (unpaired) electrons. The second-order valence-electron chi connectivity index (χ2n) is 4.06. The molecule has 2 atom stereocenters. The van der Waals surface area contributed by atoms with Crippen LogP contribution in [0.15, 0.2) is 6.20 Å². The first-order valence-electron chi connectivity index (χ1n) is 5.55. The Bertz CT molecular complexity index is 568. The molecule has 7 nitrogen and oxygen atoms in total. The third kappa shape index (κ3) is 2.76. The summed E-state index contributed by atoms with van der Waals surface area (Å²) in [5.41, 5.74) is 0.668. The van der Waals surface area contributed by atoms with Gasteiger partial charge < -0.3 is 10.6 Å². The van der Waals surface area contributed by atoms with E-state index in [1.54, 1.807) is 19.5 Å². The van der Waals surface area contributed by atoms with Crippen LogP contribution in [0.1, 0.15) is 6.92 Å². The van der Waals surface area contributed by atoms with E-state index in [0.717, 1.165) is 5.39 Å². The number of hydrogen-bond donors (Lipinski definition) is 3. The van der Waals surface area contributed by atoms with Gasteiger partial charge in [-0.15, -0.1) is 0 Å². The van der Waals surface area contributed by atoms with Crippen LogP contribution in [0, 0.1) is 0 Å². The van der Waals surface area contributed by atoms with Crippen LogP contribution in [0.2, 0.25) is 0 Å².